The first-order chi connectivity index (χ1) is 9.72. The van der Waals surface area contributed by atoms with E-state index in [9.17, 15) is 5.11 Å². The van der Waals surface area contributed by atoms with Crippen molar-refractivity contribution < 1.29 is 5.11 Å². The van der Waals surface area contributed by atoms with Gasteiger partial charge in [-0.3, -0.25) is 0 Å². The lowest BCUT2D eigenvalue weighted by molar-refractivity contribution is 0.163. The van der Waals surface area contributed by atoms with Crippen molar-refractivity contribution in [1.29, 1.82) is 0 Å². The molecule has 2 N–H and O–H groups in total. The number of rotatable bonds is 4. The SMILES string of the molecule is CN1CCCc2cc(CNC3(CO)CCCC3)ccc21. The Morgan fingerprint density at radius 3 is 2.80 bits per heavy atom. The maximum atomic E-state index is 9.65. The van der Waals surface area contributed by atoms with Crippen LogP contribution >= 0.6 is 0 Å². The van der Waals surface area contributed by atoms with E-state index in [-0.39, 0.29) is 12.1 Å². The summed E-state index contributed by atoms with van der Waals surface area (Å²) >= 11 is 0. The minimum absolute atomic E-state index is 0.0211. The third-order valence-corrected chi connectivity index (χ3v) is 5.03. The van der Waals surface area contributed by atoms with Gasteiger partial charge < -0.3 is 15.3 Å². The van der Waals surface area contributed by atoms with Crippen molar-refractivity contribution in [2.24, 2.45) is 0 Å². The molecule has 0 bridgehead atoms. The van der Waals surface area contributed by atoms with E-state index in [0.29, 0.717) is 0 Å². The van der Waals surface area contributed by atoms with Crippen LogP contribution < -0.4 is 10.2 Å². The summed E-state index contributed by atoms with van der Waals surface area (Å²) in [7, 11) is 2.18. The second kappa shape index (κ2) is 5.74. The third kappa shape index (κ3) is 2.70. The van der Waals surface area contributed by atoms with Gasteiger partial charge in [0.15, 0.2) is 0 Å². The van der Waals surface area contributed by atoms with Gasteiger partial charge in [0, 0.05) is 31.4 Å². The average Bonchev–Trinajstić information content (AvgIpc) is 2.95. The van der Waals surface area contributed by atoms with E-state index in [1.54, 1.807) is 0 Å². The quantitative estimate of drug-likeness (QED) is 0.885. The van der Waals surface area contributed by atoms with Crippen molar-refractivity contribution in [2.75, 3.05) is 25.1 Å². The fraction of sp³-hybridized carbons (Fsp3) is 0.647. The standard InChI is InChI=1S/C17H26N2O/c1-19-10-4-5-15-11-14(6-7-16(15)19)12-18-17(13-20)8-2-3-9-17/h6-7,11,18,20H,2-5,8-10,12-13H2,1H3. The molecule has 1 aliphatic carbocycles. The summed E-state index contributed by atoms with van der Waals surface area (Å²) in [4.78, 5) is 2.35. The molecule has 1 heterocycles. The minimum atomic E-state index is -0.0211. The zero-order chi connectivity index (χ0) is 14.0. The molecule has 3 heteroatoms. The number of nitrogens with zero attached hydrogens (tertiary/aromatic N) is 1. The fourth-order valence-corrected chi connectivity index (χ4v) is 3.68. The Morgan fingerprint density at radius 2 is 2.05 bits per heavy atom. The van der Waals surface area contributed by atoms with E-state index in [1.165, 1.54) is 42.5 Å². The molecule has 0 aromatic heterocycles. The van der Waals surface area contributed by atoms with Crippen molar-refractivity contribution in [3.63, 3.8) is 0 Å². The maximum Gasteiger partial charge on any atom is 0.0613 e. The maximum absolute atomic E-state index is 9.65. The molecule has 1 aromatic rings. The number of anilines is 1. The molecule has 0 saturated heterocycles. The number of nitrogens with one attached hydrogen (secondary N) is 1. The summed E-state index contributed by atoms with van der Waals surface area (Å²) in [5.41, 5.74) is 4.19. The highest BCUT2D eigenvalue weighted by molar-refractivity contribution is 5.56. The average molecular weight is 274 g/mol. The Kier molecular flexibility index (Phi) is 3.99. The van der Waals surface area contributed by atoms with E-state index in [2.05, 4.69) is 35.5 Å². The van der Waals surface area contributed by atoms with Crippen LogP contribution in [-0.4, -0.2) is 30.8 Å². The largest absolute Gasteiger partial charge is 0.394 e. The second-order valence-corrected chi connectivity index (χ2v) is 6.49. The first-order valence-corrected chi connectivity index (χ1v) is 7.91. The molecule has 0 spiro atoms. The van der Waals surface area contributed by atoms with Gasteiger partial charge in [0.25, 0.3) is 0 Å². The van der Waals surface area contributed by atoms with Gasteiger partial charge in [-0.1, -0.05) is 25.0 Å². The first-order valence-electron chi connectivity index (χ1n) is 7.91. The Labute approximate surface area is 122 Å². The van der Waals surface area contributed by atoms with Crippen molar-refractivity contribution in [2.45, 2.75) is 50.6 Å². The lowest BCUT2D eigenvalue weighted by Gasteiger charge is -2.30. The Hall–Kier alpha value is -1.06. The molecule has 0 unspecified atom stereocenters. The molecular formula is C17H26N2O. The van der Waals surface area contributed by atoms with Gasteiger partial charge in [0.2, 0.25) is 0 Å². The molecule has 1 fully saturated rings. The molecule has 1 aliphatic heterocycles. The van der Waals surface area contributed by atoms with E-state index < -0.39 is 0 Å². The molecule has 0 atom stereocenters. The van der Waals surface area contributed by atoms with Gasteiger partial charge in [0.1, 0.15) is 0 Å². The van der Waals surface area contributed by atoms with Gasteiger partial charge >= 0.3 is 0 Å². The normalized spacial score (nSPS) is 21.0. The number of benzene rings is 1. The Morgan fingerprint density at radius 1 is 1.25 bits per heavy atom. The van der Waals surface area contributed by atoms with Gasteiger partial charge in [-0.2, -0.15) is 0 Å². The predicted molar refractivity (Wildman–Crippen MR) is 83.2 cm³/mol. The number of aliphatic hydroxyl groups excluding tert-OH is 1. The molecule has 110 valence electrons. The number of hydrogen-bond acceptors (Lipinski definition) is 3. The number of aryl methyl sites for hydroxylation is 1. The summed E-state index contributed by atoms with van der Waals surface area (Å²) in [5, 5.41) is 13.3. The van der Waals surface area contributed by atoms with E-state index in [0.717, 1.165) is 25.9 Å². The van der Waals surface area contributed by atoms with Crippen LogP contribution in [0.5, 0.6) is 0 Å². The van der Waals surface area contributed by atoms with Crippen molar-refractivity contribution in [3.05, 3.63) is 29.3 Å². The van der Waals surface area contributed by atoms with Gasteiger partial charge in [-0.15, -0.1) is 0 Å². The van der Waals surface area contributed by atoms with Crippen LogP contribution in [0.1, 0.15) is 43.2 Å². The summed E-state index contributed by atoms with van der Waals surface area (Å²) in [5.74, 6) is 0. The molecule has 3 nitrogen and oxygen atoms in total. The van der Waals surface area contributed by atoms with Crippen LogP contribution in [0, 0.1) is 0 Å². The summed E-state index contributed by atoms with van der Waals surface area (Å²) in [6.45, 7) is 2.30. The lowest BCUT2D eigenvalue weighted by Crippen LogP contribution is -2.45. The highest BCUT2D eigenvalue weighted by Gasteiger charge is 2.32. The second-order valence-electron chi connectivity index (χ2n) is 6.49. The van der Waals surface area contributed by atoms with Crippen LogP contribution in [0.15, 0.2) is 18.2 Å². The molecule has 0 radical (unpaired) electrons. The van der Waals surface area contributed by atoms with Crippen molar-refractivity contribution >= 4 is 5.69 Å². The lowest BCUT2D eigenvalue weighted by atomic mass is 9.97. The summed E-state index contributed by atoms with van der Waals surface area (Å²) < 4.78 is 0. The topological polar surface area (TPSA) is 35.5 Å². The predicted octanol–water partition coefficient (Wildman–Crippen LogP) is 2.46. The van der Waals surface area contributed by atoms with E-state index >= 15 is 0 Å². The Bertz CT molecular complexity index is 466. The molecule has 3 rings (SSSR count). The molecule has 1 aromatic carbocycles. The van der Waals surface area contributed by atoms with Crippen LogP contribution in [0.3, 0.4) is 0 Å². The minimum Gasteiger partial charge on any atom is -0.394 e. The van der Waals surface area contributed by atoms with Crippen molar-refractivity contribution in [1.82, 2.24) is 5.32 Å². The summed E-state index contributed by atoms with van der Waals surface area (Å²) in [6, 6.07) is 6.83. The molecule has 0 amide bonds. The molecule has 20 heavy (non-hydrogen) atoms. The highest BCUT2D eigenvalue weighted by Crippen LogP contribution is 2.30. The van der Waals surface area contributed by atoms with Gasteiger partial charge in [0.05, 0.1) is 6.61 Å². The monoisotopic (exact) mass is 274 g/mol. The van der Waals surface area contributed by atoms with Gasteiger partial charge in [-0.05, 0) is 42.9 Å². The number of hydrogen-bond donors (Lipinski definition) is 2. The van der Waals surface area contributed by atoms with Crippen LogP contribution in [-0.2, 0) is 13.0 Å². The fourth-order valence-electron chi connectivity index (χ4n) is 3.68. The van der Waals surface area contributed by atoms with Crippen LogP contribution in [0.25, 0.3) is 0 Å². The molecular weight excluding hydrogens is 248 g/mol. The zero-order valence-electron chi connectivity index (χ0n) is 12.5. The van der Waals surface area contributed by atoms with Crippen molar-refractivity contribution in [3.8, 4) is 0 Å². The van der Waals surface area contributed by atoms with Crippen LogP contribution in [0.4, 0.5) is 5.69 Å². The number of fused-ring (bicyclic) bond motifs is 1. The summed E-state index contributed by atoms with van der Waals surface area (Å²) in [6.07, 6.45) is 7.14. The first kappa shape index (κ1) is 13.9. The Balaban J connectivity index is 1.69. The number of aliphatic hydroxyl groups is 1. The van der Waals surface area contributed by atoms with Crippen LogP contribution in [0.2, 0.25) is 0 Å². The van der Waals surface area contributed by atoms with E-state index in [1.807, 2.05) is 0 Å². The molecule has 1 saturated carbocycles. The smallest absolute Gasteiger partial charge is 0.0613 e. The highest BCUT2D eigenvalue weighted by atomic mass is 16.3. The van der Waals surface area contributed by atoms with Gasteiger partial charge in [-0.25, -0.2) is 0 Å². The zero-order valence-corrected chi connectivity index (χ0v) is 12.5. The molecule has 2 aliphatic rings. The third-order valence-electron chi connectivity index (χ3n) is 5.03. The van der Waals surface area contributed by atoms with E-state index in [4.69, 9.17) is 0 Å².